The van der Waals surface area contributed by atoms with Crippen LogP contribution in [0.15, 0.2) is 35.8 Å². The molecule has 0 saturated carbocycles. The van der Waals surface area contributed by atoms with E-state index in [1.54, 1.807) is 11.3 Å². The normalized spacial score (nSPS) is 11.0. The van der Waals surface area contributed by atoms with Crippen LogP contribution in [0.4, 0.5) is 0 Å². The van der Waals surface area contributed by atoms with E-state index in [0.717, 1.165) is 28.6 Å². The first-order valence-corrected chi connectivity index (χ1v) is 7.75. The summed E-state index contributed by atoms with van der Waals surface area (Å²) in [6.07, 6.45) is 2.72. The molecule has 2 aromatic heterocycles. The van der Waals surface area contributed by atoms with Crippen molar-refractivity contribution in [1.29, 1.82) is 0 Å². The third-order valence-corrected chi connectivity index (χ3v) is 3.81. The molecule has 3 aromatic rings. The summed E-state index contributed by atoms with van der Waals surface area (Å²) < 4.78 is 13.4. The van der Waals surface area contributed by atoms with E-state index in [0.29, 0.717) is 19.0 Å². The van der Waals surface area contributed by atoms with Crippen molar-refractivity contribution < 1.29 is 9.47 Å². The lowest BCUT2D eigenvalue weighted by atomic mass is 10.3. The van der Waals surface area contributed by atoms with Gasteiger partial charge in [0.05, 0.1) is 12.3 Å². The number of hydrogen-bond acceptors (Lipinski definition) is 5. The number of ether oxygens (including phenoxy) is 2. The van der Waals surface area contributed by atoms with Gasteiger partial charge in [0.15, 0.2) is 4.96 Å². The van der Waals surface area contributed by atoms with Gasteiger partial charge >= 0.3 is 0 Å². The lowest BCUT2D eigenvalue weighted by Gasteiger charge is -2.07. The molecule has 0 spiro atoms. The van der Waals surface area contributed by atoms with E-state index in [1.807, 2.05) is 47.2 Å². The molecule has 3 rings (SSSR count). The highest BCUT2D eigenvalue weighted by atomic mass is 32.1. The van der Waals surface area contributed by atoms with Crippen LogP contribution in [0.1, 0.15) is 12.6 Å². The Morgan fingerprint density at radius 2 is 2.00 bits per heavy atom. The number of thiazole rings is 1. The molecule has 0 aliphatic carbocycles. The first-order valence-electron chi connectivity index (χ1n) is 6.87. The molecule has 110 valence electrons. The Balaban J connectivity index is 1.86. The Morgan fingerprint density at radius 1 is 1.24 bits per heavy atom. The Labute approximate surface area is 126 Å². The minimum atomic E-state index is 0.559. The average Bonchev–Trinajstić information content (AvgIpc) is 3.05. The van der Waals surface area contributed by atoms with Crippen molar-refractivity contribution in [3.63, 3.8) is 0 Å². The molecule has 0 aliphatic heterocycles. The topological polar surface area (TPSA) is 61.8 Å². The summed E-state index contributed by atoms with van der Waals surface area (Å²) in [4.78, 5) is 5.43. The van der Waals surface area contributed by atoms with Crippen LogP contribution in [0, 0.1) is 0 Å². The molecular weight excluding hydrogens is 286 g/mol. The maximum absolute atomic E-state index is 5.90. The molecule has 5 nitrogen and oxygen atoms in total. The molecule has 0 fully saturated rings. The largest absolute Gasteiger partial charge is 0.494 e. The minimum Gasteiger partial charge on any atom is -0.494 e. The molecule has 0 radical (unpaired) electrons. The van der Waals surface area contributed by atoms with E-state index in [2.05, 4.69) is 4.98 Å². The zero-order valence-corrected chi connectivity index (χ0v) is 12.6. The molecule has 0 aliphatic rings. The number of fused-ring (bicyclic) bond motifs is 1. The van der Waals surface area contributed by atoms with Crippen LogP contribution in [0.3, 0.4) is 0 Å². The van der Waals surface area contributed by atoms with Gasteiger partial charge in [-0.15, -0.1) is 11.3 Å². The third-order valence-electron chi connectivity index (χ3n) is 3.05. The van der Waals surface area contributed by atoms with E-state index in [4.69, 9.17) is 15.2 Å². The van der Waals surface area contributed by atoms with Gasteiger partial charge in [-0.3, -0.25) is 4.40 Å². The van der Waals surface area contributed by atoms with Crippen molar-refractivity contribution >= 4 is 16.3 Å². The van der Waals surface area contributed by atoms with Crippen LogP contribution < -0.4 is 15.2 Å². The average molecular weight is 303 g/mol. The lowest BCUT2D eigenvalue weighted by molar-refractivity contribution is 0.339. The monoisotopic (exact) mass is 303 g/mol. The lowest BCUT2D eigenvalue weighted by Crippen LogP contribution is -2.05. The Hall–Kier alpha value is -2.05. The molecular formula is C15H17N3O2S. The summed E-state index contributed by atoms with van der Waals surface area (Å²) in [5, 5.41) is 2.00. The summed E-state index contributed by atoms with van der Waals surface area (Å²) in [6, 6.07) is 7.54. The standard InChI is InChI=1S/C15H17N3O2S/c1-2-19-11-3-5-12(6-4-11)20-14-13(7-8-16)18-9-10-21-15(18)17-14/h3-6,9-10H,2,7-8,16H2,1H3. The van der Waals surface area contributed by atoms with Crippen molar-refractivity contribution in [3.8, 4) is 17.4 Å². The Morgan fingerprint density at radius 3 is 2.71 bits per heavy atom. The molecule has 0 atom stereocenters. The highest BCUT2D eigenvalue weighted by molar-refractivity contribution is 7.15. The van der Waals surface area contributed by atoms with Gasteiger partial charge in [0.25, 0.3) is 0 Å². The van der Waals surface area contributed by atoms with E-state index in [9.17, 15) is 0 Å². The van der Waals surface area contributed by atoms with Gasteiger partial charge in [-0.05, 0) is 37.7 Å². The molecule has 6 heteroatoms. The number of nitrogens with two attached hydrogens (primary N) is 1. The van der Waals surface area contributed by atoms with Crippen LogP contribution in [0.25, 0.3) is 4.96 Å². The molecule has 0 bridgehead atoms. The first-order chi connectivity index (χ1) is 10.3. The fraction of sp³-hybridized carbons (Fsp3) is 0.267. The highest BCUT2D eigenvalue weighted by Crippen LogP contribution is 2.29. The van der Waals surface area contributed by atoms with Crippen LogP contribution in [-0.2, 0) is 6.42 Å². The van der Waals surface area contributed by atoms with Gasteiger partial charge in [-0.1, -0.05) is 0 Å². The van der Waals surface area contributed by atoms with Crippen molar-refractivity contribution in [2.24, 2.45) is 5.73 Å². The Kier molecular flexibility index (Phi) is 4.08. The van der Waals surface area contributed by atoms with E-state index in [-0.39, 0.29) is 0 Å². The summed E-state index contributed by atoms with van der Waals surface area (Å²) in [7, 11) is 0. The summed E-state index contributed by atoms with van der Waals surface area (Å²) in [6.45, 7) is 3.17. The fourth-order valence-corrected chi connectivity index (χ4v) is 2.87. The molecule has 0 unspecified atom stereocenters. The second-order valence-electron chi connectivity index (χ2n) is 4.46. The van der Waals surface area contributed by atoms with Crippen LogP contribution >= 0.6 is 11.3 Å². The minimum absolute atomic E-state index is 0.559. The molecule has 0 amide bonds. The first kappa shape index (κ1) is 13.9. The van der Waals surface area contributed by atoms with Gasteiger partial charge in [-0.25, -0.2) is 0 Å². The van der Waals surface area contributed by atoms with Gasteiger partial charge in [0.1, 0.15) is 11.5 Å². The number of benzene rings is 1. The predicted molar refractivity (Wildman–Crippen MR) is 83.5 cm³/mol. The van der Waals surface area contributed by atoms with Crippen LogP contribution in [0.5, 0.6) is 17.4 Å². The van der Waals surface area contributed by atoms with E-state index in [1.165, 1.54) is 0 Å². The summed E-state index contributed by atoms with van der Waals surface area (Å²) >= 11 is 1.58. The van der Waals surface area contributed by atoms with Crippen molar-refractivity contribution in [3.05, 3.63) is 41.5 Å². The van der Waals surface area contributed by atoms with Crippen LogP contribution in [-0.4, -0.2) is 22.5 Å². The quantitative estimate of drug-likeness (QED) is 0.760. The van der Waals surface area contributed by atoms with Crippen molar-refractivity contribution in [2.75, 3.05) is 13.2 Å². The molecule has 2 N–H and O–H groups in total. The van der Waals surface area contributed by atoms with Crippen LogP contribution in [0.2, 0.25) is 0 Å². The second-order valence-corrected chi connectivity index (χ2v) is 5.34. The van der Waals surface area contributed by atoms with Gasteiger partial charge in [0.2, 0.25) is 5.88 Å². The summed E-state index contributed by atoms with van der Waals surface area (Å²) in [5.41, 5.74) is 6.69. The highest BCUT2D eigenvalue weighted by Gasteiger charge is 2.14. The smallest absolute Gasteiger partial charge is 0.242 e. The predicted octanol–water partition coefficient (Wildman–Crippen LogP) is 3.09. The third kappa shape index (κ3) is 2.86. The zero-order chi connectivity index (χ0) is 14.7. The van der Waals surface area contributed by atoms with E-state index >= 15 is 0 Å². The number of nitrogens with zero attached hydrogens (tertiary/aromatic N) is 2. The number of aromatic nitrogens is 2. The fourth-order valence-electron chi connectivity index (χ4n) is 2.14. The molecule has 2 heterocycles. The SMILES string of the molecule is CCOc1ccc(Oc2nc3sccn3c2CCN)cc1. The molecule has 21 heavy (non-hydrogen) atoms. The maximum Gasteiger partial charge on any atom is 0.242 e. The number of rotatable bonds is 6. The second kappa shape index (κ2) is 6.15. The number of imidazole rings is 1. The molecule has 0 saturated heterocycles. The number of hydrogen-bond donors (Lipinski definition) is 1. The van der Waals surface area contributed by atoms with Gasteiger partial charge in [0, 0.05) is 18.0 Å². The zero-order valence-electron chi connectivity index (χ0n) is 11.8. The van der Waals surface area contributed by atoms with Crippen molar-refractivity contribution in [2.45, 2.75) is 13.3 Å². The molecule has 1 aromatic carbocycles. The van der Waals surface area contributed by atoms with Gasteiger partial charge in [-0.2, -0.15) is 4.98 Å². The maximum atomic E-state index is 5.90. The van der Waals surface area contributed by atoms with Gasteiger partial charge < -0.3 is 15.2 Å². The summed E-state index contributed by atoms with van der Waals surface area (Å²) in [5.74, 6) is 2.19. The Bertz CT molecular complexity index is 718. The van der Waals surface area contributed by atoms with E-state index < -0.39 is 0 Å². The van der Waals surface area contributed by atoms with Crippen molar-refractivity contribution in [1.82, 2.24) is 9.38 Å².